The zero-order valence-electron chi connectivity index (χ0n) is 11.7. The highest BCUT2D eigenvalue weighted by Crippen LogP contribution is 2.11. The van der Waals surface area contributed by atoms with Crippen LogP contribution in [0.2, 0.25) is 0 Å². The van der Waals surface area contributed by atoms with Crippen molar-refractivity contribution in [2.45, 2.75) is 31.8 Å². The Labute approximate surface area is 116 Å². The molecule has 18 heavy (non-hydrogen) atoms. The van der Waals surface area contributed by atoms with E-state index >= 15 is 0 Å². The summed E-state index contributed by atoms with van der Waals surface area (Å²) in [4.78, 5) is 2.34. The Morgan fingerprint density at radius 3 is 2.78 bits per heavy atom. The highest BCUT2D eigenvalue weighted by atomic mass is 32.2. The van der Waals surface area contributed by atoms with Crippen LogP contribution in [0.25, 0.3) is 0 Å². The highest BCUT2D eigenvalue weighted by molar-refractivity contribution is 7.98. The molecular formula is C12H26N2O2S2. The summed E-state index contributed by atoms with van der Waals surface area (Å²) in [5.41, 5.74) is 0. The molecule has 0 aromatic rings. The van der Waals surface area contributed by atoms with Gasteiger partial charge in [-0.3, -0.25) is 0 Å². The Kier molecular flexibility index (Phi) is 6.98. The summed E-state index contributed by atoms with van der Waals surface area (Å²) in [7, 11) is -0.616. The lowest BCUT2D eigenvalue weighted by Gasteiger charge is -2.25. The molecule has 4 nitrogen and oxygen atoms in total. The molecule has 0 aliphatic carbocycles. The minimum absolute atomic E-state index is 0.171. The molecule has 2 unspecified atom stereocenters. The fourth-order valence-corrected chi connectivity index (χ4v) is 4.41. The van der Waals surface area contributed by atoms with E-state index in [1.54, 1.807) is 0 Å². The smallest absolute Gasteiger partial charge is 0.151 e. The van der Waals surface area contributed by atoms with E-state index in [0.29, 0.717) is 17.5 Å². The van der Waals surface area contributed by atoms with Crippen molar-refractivity contribution in [3.05, 3.63) is 0 Å². The summed E-state index contributed by atoms with van der Waals surface area (Å²) in [6.45, 7) is 4.10. The van der Waals surface area contributed by atoms with Crippen molar-refractivity contribution in [3.63, 3.8) is 0 Å². The number of thioether (sulfide) groups is 1. The Hall–Kier alpha value is 0.220. The average molecular weight is 294 g/mol. The van der Waals surface area contributed by atoms with Crippen molar-refractivity contribution < 1.29 is 8.42 Å². The van der Waals surface area contributed by atoms with Crippen LogP contribution in [0.5, 0.6) is 0 Å². The molecule has 0 saturated carbocycles. The fourth-order valence-electron chi connectivity index (χ4n) is 2.13. The first-order valence-electron chi connectivity index (χ1n) is 6.57. The van der Waals surface area contributed by atoms with E-state index in [1.807, 2.05) is 11.8 Å². The predicted molar refractivity (Wildman–Crippen MR) is 80.2 cm³/mol. The predicted octanol–water partition coefficient (Wildman–Crippen LogP) is 0.837. The summed E-state index contributed by atoms with van der Waals surface area (Å²) < 4.78 is 22.6. The molecule has 1 N–H and O–H groups in total. The molecule has 0 bridgehead atoms. The van der Waals surface area contributed by atoms with E-state index in [2.05, 4.69) is 30.4 Å². The third-order valence-corrected chi connectivity index (χ3v) is 6.03. The number of sulfone groups is 1. The molecule has 1 heterocycles. The highest BCUT2D eigenvalue weighted by Gasteiger charge is 2.27. The van der Waals surface area contributed by atoms with Gasteiger partial charge in [0, 0.05) is 25.2 Å². The molecule has 1 rings (SSSR count). The Bertz CT molecular complexity index is 333. The second kappa shape index (κ2) is 7.72. The molecule has 0 aromatic heterocycles. The van der Waals surface area contributed by atoms with Crippen LogP contribution in [0.4, 0.5) is 0 Å². The van der Waals surface area contributed by atoms with Gasteiger partial charge in [-0.15, -0.1) is 0 Å². The van der Waals surface area contributed by atoms with Gasteiger partial charge in [0.1, 0.15) is 0 Å². The maximum Gasteiger partial charge on any atom is 0.151 e. The van der Waals surface area contributed by atoms with E-state index in [9.17, 15) is 8.42 Å². The first kappa shape index (κ1) is 16.3. The molecule has 0 aromatic carbocycles. The van der Waals surface area contributed by atoms with Gasteiger partial charge >= 0.3 is 0 Å². The number of nitrogens with zero attached hydrogens (tertiary/aromatic N) is 1. The van der Waals surface area contributed by atoms with Gasteiger partial charge in [0.05, 0.1) is 11.5 Å². The minimum Gasteiger partial charge on any atom is -0.312 e. The van der Waals surface area contributed by atoms with Crippen LogP contribution in [0.3, 0.4) is 0 Å². The molecule has 0 radical (unpaired) electrons. The van der Waals surface area contributed by atoms with Crippen LogP contribution in [-0.2, 0) is 9.84 Å². The van der Waals surface area contributed by atoms with E-state index in [1.165, 1.54) is 12.2 Å². The van der Waals surface area contributed by atoms with Gasteiger partial charge in [-0.1, -0.05) is 0 Å². The quantitative estimate of drug-likeness (QED) is 0.719. The fraction of sp³-hybridized carbons (Fsp3) is 1.00. The van der Waals surface area contributed by atoms with E-state index in [4.69, 9.17) is 0 Å². The van der Waals surface area contributed by atoms with Crippen molar-refractivity contribution in [3.8, 4) is 0 Å². The molecule has 6 heteroatoms. The molecular weight excluding hydrogens is 268 g/mol. The van der Waals surface area contributed by atoms with Gasteiger partial charge in [0.25, 0.3) is 0 Å². The second-order valence-corrected chi connectivity index (χ2v) is 8.38. The summed E-state index contributed by atoms with van der Waals surface area (Å²) >= 11 is 1.88. The van der Waals surface area contributed by atoms with Gasteiger partial charge in [-0.2, -0.15) is 11.8 Å². The number of nitrogens with one attached hydrogen (secondary N) is 1. The van der Waals surface area contributed by atoms with Gasteiger partial charge < -0.3 is 10.2 Å². The van der Waals surface area contributed by atoms with Crippen molar-refractivity contribution in [2.75, 3.05) is 43.7 Å². The lowest BCUT2D eigenvalue weighted by molar-refractivity contribution is 0.250. The monoisotopic (exact) mass is 294 g/mol. The lowest BCUT2D eigenvalue weighted by atomic mass is 10.2. The maximum absolute atomic E-state index is 11.3. The Morgan fingerprint density at radius 1 is 1.50 bits per heavy atom. The summed E-state index contributed by atoms with van der Waals surface area (Å²) in [5.74, 6) is 1.86. The van der Waals surface area contributed by atoms with E-state index < -0.39 is 9.84 Å². The van der Waals surface area contributed by atoms with Crippen molar-refractivity contribution >= 4 is 21.6 Å². The zero-order valence-corrected chi connectivity index (χ0v) is 13.3. The molecule has 108 valence electrons. The van der Waals surface area contributed by atoms with Crippen molar-refractivity contribution in [1.82, 2.24) is 10.2 Å². The van der Waals surface area contributed by atoms with E-state index in [-0.39, 0.29) is 6.04 Å². The molecule has 1 saturated heterocycles. The molecule has 1 aliphatic rings. The molecule has 2 atom stereocenters. The van der Waals surface area contributed by atoms with Crippen LogP contribution in [0.1, 0.15) is 19.8 Å². The van der Waals surface area contributed by atoms with Crippen molar-refractivity contribution in [1.29, 1.82) is 0 Å². The van der Waals surface area contributed by atoms with Crippen molar-refractivity contribution in [2.24, 2.45) is 0 Å². The van der Waals surface area contributed by atoms with Crippen LogP contribution in [-0.4, -0.2) is 69.1 Å². The summed E-state index contributed by atoms with van der Waals surface area (Å²) in [6.07, 6.45) is 4.11. The number of hydrogen-bond acceptors (Lipinski definition) is 5. The zero-order chi connectivity index (χ0) is 13.6. The van der Waals surface area contributed by atoms with Crippen LogP contribution < -0.4 is 5.32 Å². The third kappa shape index (κ3) is 5.91. The normalized spacial score (nSPS) is 24.6. The van der Waals surface area contributed by atoms with Crippen LogP contribution >= 0.6 is 11.8 Å². The Morgan fingerprint density at radius 2 is 2.22 bits per heavy atom. The third-order valence-electron chi connectivity index (χ3n) is 3.62. The Balaban J connectivity index is 2.14. The maximum atomic E-state index is 11.3. The topological polar surface area (TPSA) is 49.4 Å². The molecule has 1 aliphatic heterocycles. The molecule has 0 amide bonds. The SMILES string of the molecule is CSCCC(C)N(C)CCNC1CCS(=O)(=O)C1. The van der Waals surface area contributed by atoms with Gasteiger partial charge in [0.2, 0.25) is 0 Å². The van der Waals surface area contributed by atoms with Crippen LogP contribution in [0, 0.1) is 0 Å². The molecule has 1 fully saturated rings. The summed E-state index contributed by atoms with van der Waals surface area (Å²) in [5, 5.41) is 3.35. The number of rotatable bonds is 8. The number of likely N-dealkylation sites (N-methyl/N-ethyl adjacent to an activating group) is 1. The van der Waals surface area contributed by atoms with Gasteiger partial charge in [-0.05, 0) is 38.8 Å². The minimum atomic E-state index is -2.75. The largest absolute Gasteiger partial charge is 0.312 e. The standard InChI is InChI=1S/C12H26N2O2S2/c1-11(4-8-17-3)14(2)7-6-13-12-5-9-18(15,16)10-12/h11-13H,4-10H2,1-3H3. The first-order chi connectivity index (χ1) is 8.44. The first-order valence-corrected chi connectivity index (χ1v) is 9.79. The average Bonchev–Trinajstić information content (AvgIpc) is 2.65. The summed E-state index contributed by atoms with van der Waals surface area (Å²) in [6, 6.07) is 0.761. The molecule has 0 spiro atoms. The second-order valence-electron chi connectivity index (χ2n) is 5.17. The lowest BCUT2D eigenvalue weighted by Crippen LogP contribution is -2.39. The van der Waals surface area contributed by atoms with Crippen LogP contribution in [0.15, 0.2) is 0 Å². The van der Waals surface area contributed by atoms with Gasteiger partial charge in [-0.25, -0.2) is 8.42 Å². The van der Waals surface area contributed by atoms with Gasteiger partial charge in [0.15, 0.2) is 9.84 Å². The van der Waals surface area contributed by atoms with E-state index in [0.717, 1.165) is 19.5 Å². The number of hydrogen-bond donors (Lipinski definition) is 1.